The van der Waals surface area contributed by atoms with E-state index in [2.05, 4.69) is 4.57 Å². The number of aryl methyl sites for hydroxylation is 2. The lowest BCUT2D eigenvalue weighted by molar-refractivity contribution is 0.111. The van der Waals surface area contributed by atoms with Crippen LogP contribution in [0.3, 0.4) is 0 Å². The first-order chi connectivity index (χ1) is 8.67. The van der Waals surface area contributed by atoms with E-state index in [0.29, 0.717) is 5.69 Å². The quantitative estimate of drug-likeness (QED) is 0.647. The fourth-order valence-corrected chi connectivity index (χ4v) is 2.54. The summed E-state index contributed by atoms with van der Waals surface area (Å²) in [5, 5.41) is 1.13. The van der Waals surface area contributed by atoms with E-state index in [1.807, 2.05) is 42.9 Å². The number of rotatable bonds is 2. The number of benzene rings is 1. The molecule has 92 valence electrons. The Morgan fingerprint density at radius 1 is 1.11 bits per heavy atom. The Labute approximate surface area is 104 Å². The van der Waals surface area contributed by atoms with Gasteiger partial charge in [0, 0.05) is 25.5 Å². The molecule has 0 bridgehead atoms. The molecule has 2 aromatic heterocycles. The minimum atomic E-state index is 0.688. The van der Waals surface area contributed by atoms with Gasteiger partial charge in [0.25, 0.3) is 0 Å². The van der Waals surface area contributed by atoms with Gasteiger partial charge in [0.15, 0.2) is 6.29 Å². The number of hydrogen-bond donors (Lipinski definition) is 0. The molecule has 0 aliphatic carbocycles. The average molecular weight is 242 g/mol. The van der Waals surface area contributed by atoms with E-state index in [1.165, 1.54) is 0 Å². The van der Waals surface area contributed by atoms with Crippen molar-refractivity contribution in [2.45, 2.75) is 0 Å². The van der Waals surface area contributed by atoms with E-state index < -0.39 is 0 Å². The minimum absolute atomic E-state index is 0.688. The smallest absolute Gasteiger partial charge is 0.166 e. The van der Waals surface area contributed by atoms with E-state index >= 15 is 0 Å². The number of nitrogens with zero attached hydrogens (tertiary/aromatic N) is 2. The van der Waals surface area contributed by atoms with Gasteiger partial charge < -0.3 is 13.9 Å². The number of hydrogen-bond acceptors (Lipinski definition) is 2. The van der Waals surface area contributed by atoms with Crippen LogP contribution in [-0.2, 0) is 14.1 Å². The van der Waals surface area contributed by atoms with Crippen molar-refractivity contribution in [3.8, 4) is 5.75 Å². The van der Waals surface area contributed by atoms with Crippen molar-refractivity contribution in [2.24, 2.45) is 14.1 Å². The molecule has 4 heteroatoms. The lowest BCUT2D eigenvalue weighted by Gasteiger charge is -2.02. The zero-order valence-electron chi connectivity index (χ0n) is 10.6. The van der Waals surface area contributed by atoms with Gasteiger partial charge in [-0.05, 0) is 18.2 Å². The highest BCUT2D eigenvalue weighted by Gasteiger charge is 2.14. The fourth-order valence-electron chi connectivity index (χ4n) is 2.54. The summed E-state index contributed by atoms with van der Waals surface area (Å²) < 4.78 is 9.26. The summed E-state index contributed by atoms with van der Waals surface area (Å²) in [5.41, 5.74) is 3.93. The average Bonchev–Trinajstić information content (AvgIpc) is 2.86. The lowest BCUT2D eigenvalue weighted by atomic mass is 10.2. The third-order valence-electron chi connectivity index (χ3n) is 3.55. The third-order valence-corrected chi connectivity index (χ3v) is 3.55. The van der Waals surface area contributed by atoms with Crippen LogP contribution in [0.1, 0.15) is 10.5 Å². The van der Waals surface area contributed by atoms with Gasteiger partial charge in [0.2, 0.25) is 0 Å². The molecule has 0 saturated heterocycles. The Kier molecular flexibility index (Phi) is 2.20. The van der Waals surface area contributed by atoms with Crippen LogP contribution in [0.15, 0.2) is 24.3 Å². The summed E-state index contributed by atoms with van der Waals surface area (Å²) in [7, 11) is 5.57. The zero-order chi connectivity index (χ0) is 12.9. The van der Waals surface area contributed by atoms with Crippen molar-refractivity contribution in [3.05, 3.63) is 30.0 Å². The summed E-state index contributed by atoms with van der Waals surface area (Å²) in [6, 6.07) is 7.89. The lowest BCUT2D eigenvalue weighted by Crippen LogP contribution is -1.93. The second kappa shape index (κ2) is 3.63. The number of aldehydes is 1. The molecule has 3 rings (SSSR count). The van der Waals surface area contributed by atoms with Crippen molar-refractivity contribution in [2.75, 3.05) is 7.11 Å². The van der Waals surface area contributed by atoms with Gasteiger partial charge in [0.1, 0.15) is 5.75 Å². The second-order valence-electron chi connectivity index (χ2n) is 4.42. The summed E-state index contributed by atoms with van der Waals surface area (Å²) in [5.74, 6) is 0.837. The third kappa shape index (κ3) is 1.23. The number of carbonyl (C=O) groups is 1. The van der Waals surface area contributed by atoms with Gasteiger partial charge in [0.05, 0.1) is 29.4 Å². The number of fused-ring (bicyclic) bond motifs is 3. The summed E-state index contributed by atoms with van der Waals surface area (Å²) in [6.07, 6.45) is 0.884. The van der Waals surface area contributed by atoms with Crippen LogP contribution in [0, 0.1) is 0 Å². The first-order valence-electron chi connectivity index (χ1n) is 5.74. The van der Waals surface area contributed by atoms with Crippen molar-refractivity contribution in [1.82, 2.24) is 9.13 Å². The maximum absolute atomic E-state index is 11.0. The normalized spacial score (nSPS) is 11.3. The first-order valence-corrected chi connectivity index (χ1v) is 5.74. The highest BCUT2D eigenvalue weighted by atomic mass is 16.5. The van der Waals surface area contributed by atoms with Crippen LogP contribution < -0.4 is 4.74 Å². The molecule has 1 aromatic carbocycles. The van der Waals surface area contributed by atoms with Crippen molar-refractivity contribution >= 4 is 28.2 Å². The van der Waals surface area contributed by atoms with Gasteiger partial charge in [-0.25, -0.2) is 0 Å². The van der Waals surface area contributed by atoms with Gasteiger partial charge in [-0.15, -0.1) is 0 Å². The molecular formula is C14H14N2O2. The molecule has 0 N–H and O–H groups in total. The Bertz CT molecular complexity index is 765. The Morgan fingerprint density at radius 3 is 2.56 bits per heavy atom. The molecule has 2 heterocycles. The van der Waals surface area contributed by atoms with E-state index in [9.17, 15) is 4.79 Å². The molecule has 0 fully saturated rings. The van der Waals surface area contributed by atoms with E-state index in [0.717, 1.165) is 34.0 Å². The SMILES string of the molecule is COc1ccc2c3c(cc(C=O)n3C)n(C)c2c1. The van der Waals surface area contributed by atoms with Gasteiger partial charge in [-0.2, -0.15) is 0 Å². The Morgan fingerprint density at radius 2 is 1.89 bits per heavy atom. The van der Waals surface area contributed by atoms with Crippen molar-refractivity contribution in [3.63, 3.8) is 0 Å². The predicted molar refractivity (Wildman–Crippen MR) is 71.3 cm³/mol. The van der Waals surface area contributed by atoms with Crippen LogP contribution >= 0.6 is 0 Å². The van der Waals surface area contributed by atoms with E-state index in [4.69, 9.17) is 4.74 Å². The summed E-state index contributed by atoms with van der Waals surface area (Å²) in [6.45, 7) is 0. The fraction of sp³-hybridized carbons (Fsp3) is 0.214. The molecular weight excluding hydrogens is 228 g/mol. The Hall–Kier alpha value is -2.23. The van der Waals surface area contributed by atoms with Crippen LogP contribution in [0.25, 0.3) is 21.9 Å². The topological polar surface area (TPSA) is 36.2 Å². The standard InChI is InChI=1S/C14H14N2O2/c1-15-9(8-17)6-13-14(15)11-5-4-10(18-3)7-12(11)16(13)2/h4-8H,1-3H3. The molecule has 4 nitrogen and oxygen atoms in total. The molecule has 0 spiro atoms. The van der Waals surface area contributed by atoms with Crippen molar-refractivity contribution in [1.29, 1.82) is 0 Å². The molecule has 0 saturated carbocycles. The van der Waals surface area contributed by atoms with Gasteiger partial charge in [-0.1, -0.05) is 0 Å². The van der Waals surface area contributed by atoms with Crippen molar-refractivity contribution < 1.29 is 9.53 Å². The van der Waals surface area contributed by atoms with E-state index in [1.54, 1.807) is 7.11 Å². The minimum Gasteiger partial charge on any atom is -0.497 e. The number of aromatic nitrogens is 2. The molecule has 18 heavy (non-hydrogen) atoms. The number of ether oxygens (including phenoxy) is 1. The highest BCUT2D eigenvalue weighted by Crippen LogP contribution is 2.32. The largest absolute Gasteiger partial charge is 0.497 e. The summed E-state index contributed by atoms with van der Waals surface area (Å²) in [4.78, 5) is 11.0. The molecule has 0 radical (unpaired) electrons. The monoisotopic (exact) mass is 242 g/mol. The van der Waals surface area contributed by atoms with Crippen LogP contribution in [0.5, 0.6) is 5.75 Å². The number of carbonyl (C=O) groups excluding carboxylic acids is 1. The maximum Gasteiger partial charge on any atom is 0.166 e. The molecule has 0 aliphatic rings. The second-order valence-corrected chi connectivity index (χ2v) is 4.42. The highest BCUT2D eigenvalue weighted by molar-refractivity contribution is 6.08. The van der Waals surface area contributed by atoms with E-state index in [-0.39, 0.29) is 0 Å². The summed E-state index contributed by atoms with van der Waals surface area (Å²) >= 11 is 0. The molecule has 0 unspecified atom stereocenters. The molecule has 0 atom stereocenters. The predicted octanol–water partition coefficient (Wildman–Crippen LogP) is 2.49. The molecule has 0 aliphatic heterocycles. The van der Waals surface area contributed by atoms with Crippen LogP contribution in [-0.4, -0.2) is 22.5 Å². The Balaban J connectivity index is 2.49. The zero-order valence-corrected chi connectivity index (χ0v) is 10.6. The van der Waals surface area contributed by atoms with Crippen LogP contribution in [0.4, 0.5) is 0 Å². The maximum atomic E-state index is 11.0. The first kappa shape index (κ1) is 10.9. The van der Waals surface area contributed by atoms with Gasteiger partial charge >= 0.3 is 0 Å². The number of methoxy groups -OCH3 is 1. The molecule has 3 aromatic rings. The van der Waals surface area contributed by atoms with Crippen LogP contribution in [0.2, 0.25) is 0 Å². The van der Waals surface area contributed by atoms with Gasteiger partial charge in [-0.3, -0.25) is 4.79 Å². The molecule has 0 amide bonds.